The largest absolute Gasteiger partial charge is 0.266 e. The third-order valence-corrected chi connectivity index (χ3v) is 2.52. The lowest BCUT2D eigenvalue weighted by Gasteiger charge is -2.03. The lowest BCUT2D eigenvalue weighted by molar-refractivity contribution is 0.151. The van der Waals surface area contributed by atoms with E-state index in [9.17, 15) is 17.2 Å². The highest BCUT2D eigenvalue weighted by atomic mass is 35.5. The monoisotopic (exact) mass is 242 g/mol. The third kappa shape index (κ3) is 2.37. The molecule has 78 valence electrons. The summed E-state index contributed by atoms with van der Waals surface area (Å²) < 4.78 is 45.8. The Bertz CT molecular complexity index is 449. The average Bonchev–Trinajstić information content (AvgIpc) is 2.01. The van der Waals surface area contributed by atoms with Crippen LogP contribution in [0.4, 0.5) is 8.78 Å². The van der Waals surface area contributed by atoms with Crippen molar-refractivity contribution in [2.45, 2.75) is 11.5 Å². The van der Waals surface area contributed by atoms with Crippen molar-refractivity contribution in [3.63, 3.8) is 0 Å². The molecule has 4 nitrogen and oxygen atoms in total. The van der Waals surface area contributed by atoms with Crippen LogP contribution in [0.25, 0.3) is 0 Å². The van der Waals surface area contributed by atoms with Crippen LogP contribution in [0.15, 0.2) is 17.3 Å². The Balaban J connectivity index is 3.27. The van der Waals surface area contributed by atoms with Gasteiger partial charge in [-0.05, 0) is 6.07 Å². The predicted molar refractivity (Wildman–Crippen MR) is 45.6 cm³/mol. The summed E-state index contributed by atoms with van der Waals surface area (Å²) >= 11 is 5.39. The maximum Gasteiger partial charge on any atom is 0.266 e. The number of hydrogen-bond donors (Lipinski definition) is 1. The smallest absolute Gasteiger partial charge is 0.243 e. The van der Waals surface area contributed by atoms with Crippen molar-refractivity contribution >= 4 is 21.6 Å². The van der Waals surface area contributed by atoms with E-state index in [1.165, 1.54) is 0 Å². The zero-order valence-corrected chi connectivity index (χ0v) is 8.19. The molecule has 0 aromatic carbocycles. The summed E-state index contributed by atoms with van der Waals surface area (Å²) in [5.41, 5.74) is -0.529. The van der Waals surface area contributed by atoms with E-state index in [2.05, 4.69) is 4.98 Å². The number of pyridine rings is 1. The van der Waals surface area contributed by atoms with Crippen molar-refractivity contribution in [2.24, 2.45) is 5.14 Å². The molecule has 0 aliphatic carbocycles. The SMILES string of the molecule is NS(=O)(=O)c1cc(Cl)c(C(F)F)cn1. The topological polar surface area (TPSA) is 73.1 Å². The molecule has 0 fully saturated rings. The maximum atomic E-state index is 12.2. The minimum atomic E-state index is -4.01. The molecule has 0 aliphatic heterocycles. The first kappa shape index (κ1) is 11.3. The van der Waals surface area contributed by atoms with Gasteiger partial charge in [-0.1, -0.05) is 11.6 Å². The van der Waals surface area contributed by atoms with Crippen LogP contribution in [0.5, 0.6) is 0 Å². The standard InChI is InChI=1S/C6H5ClF2N2O2S/c7-4-1-5(14(10,12)13)11-2-3(4)6(8)9/h1-2,6H,(H2,10,12,13). The van der Waals surface area contributed by atoms with Crippen LogP contribution < -0.4 is 5.14 Å². The Morgan fingerprint density at radius 3 is 2.43 bits per heavy atom. The molecule has 0 saturated heterocycles. The van der Waals surface area contributed by atoms with Crippen molar-refractivity contribution in [3.8, 4) is 0 Å². The fourth-order valence-corrected chi connectivity index (χ4v) is 1.52. The second-order valence-electron chi connectivity index (χ2n) is 2.39. The lowest BCUT2D eigenvalue weighted by atomic mass is 10.3. The maximum absolute atomic E-state index is 12.2. The highest BCUT2D eigenvalue weighted by Crippen LogP contribution is 2.27. The van der Waals surface area contributed by atoms with E-state index in [-0.39, 0.29) is 5.02 Å². The van der Waals surface area contributed by atoms with Gasteiger partial charge in [0.15, 0.2) is 5.03 Å². The van der Waals surface area contributed by atoms with Gasteiger partial charge in [0.2, 0.25) is 0 Å². The number of nitrogens with zero attached hydrogens (tertiary/aromatic N) is 1. The van der Waals surface area contributed by atoms with Crippen LogP contribution in [0.3, 0.4) is 0 Å². The fraction of sp³-hybridized carbons (Fsp3) is 0.167. The summed E-state index contributed by atoms with van der Waals surface area (Å²) in [5, 5.41) is 3.80. The van der Waals surface area contributed by atoms with E-state index in [0.717, 1.165) is 6.07 Å². The second kappa shape index (κ2) is 3.76. The van der Waals surface area contributed by atoms with Gasteiger partial charge in [-0.25, -0.2) is 27.3 Å². The van der Waals surface area contributed by atoms with Crippen LogP contribution in [0, 0.1) is 0 Å². The number of nitrogens with two attached hydrogens (primary N) is 1. The Morgan fingerprint density at radius 2 is 2.07 bits per heavy atom. The van der Waals surface area contributed by atoms with E-state index >= 15 is 0 Å². The van der Waals surface area contributed by atoms with E-state index < -0.39 is 27.0 Å². The summed E-state index contributed by atoms with van der Waals surface area (Å²) in [5.74, 6) is 0. The molecule has 1 rings (SSSR count). The van der Waals surface area contributed by atoms with Crippen molar-refractivity contribution in [1.82, 2.24) is 4.98 Å². The second-order valence-corrected chi connectivity index (χ2v) is 4.31. The molecule has 0 radical (unpaired) electrons. The van der Waals surface area contributed by atoms with E-state index in [4.69, 9.17) is 16.7 Å². The molecule has 0 unspecified atom stereocenters. The Hall–Kier alpha value is -0.790. The third-order valence-electron chi connectivity index (χ3n) is 1.38. The molecule has 0 saturated carbocycles. The van der Waals surface area contributed by atoms with Gasteiger partial charge >= 0.3 is 0 Å². The fourth-order valence-electron chi connectivity index (χ4n) is 0.740. The van der Waals surface area contributed by atoms with E-state index in [0.29, 0.717) is 6.20 Å². The normalized spacial score (nSPS) is 12.1. The summed E-state index contributed by atoms with van der Waals surface area (Å²) in [7, 11) is -4.01. The summed E-state index contributed by atoms with van der Waals surface area (Å²) in [6, 6.07) is 0.790. The molecule has 0 amide bonds. The van der Waals surface area contributed by atoms with Crippen molar-refractivity contribution < 1.29 is 17.2 Å². The molecule has 2 N–H and O–H groups in total. The summed E-state index contributed by atoms with van der Waals surface area (Å²) in [6.07, 6.45) is -2.11. The molecule has 1 aromatic rings. The highest BCUT2D eigenvalue weighted by Gasteiger charge is 2.16. The Kier molecular flexibility index (Phi) is 3.03. The van der Waals surface area contributed by atoms with Crippen LogP contribution in [-0.4, -0.2) is 13.4 Å². The highest BCUT2D eigenvalue weighted by molar-refractivity contribution is 7.89. The van der Waals surface area contributed by atoms with Gasteiger partial charge in [0.25, 0.3) is 16.4 Å². The number of sulfonamides is 1. The molecule has 8 heteroatoms. The van der Waals surface area contributed by atoms with Gasteiger partial charge in [0.05, 0.1) is 10.6 Å². The summed E-state index contributed by atoms with van der Waals surface area (Å²) in [4.78, 5) is 3.25. The van der Waals surface area contributed by atoms with Crippen LogP contribution >= 0.6 is 11.6 Å². The minimum Gasteiger partial charge on any atom is -0.243 e. The number of hydrogen-bond acceptors (Lipinski definition) is 3. The van der Waals surface area contributed by atoms with Gasteiger partial charge in [0, 0.05) is 6.20 Å². The van der Waals surface area contributed by atoms with Gasteiger partial charge < -0.3 is 0 Å². The van der Waals surface area contributed by atoms with Gasteiger partial charge in [-0.15, -0.1) is 0 Å². The lowest BCUT2D eigenvalue weighted by Crippen LogP contribution is -2.14. The summed E-state index contributed by atoms with van der Waals surface area (Å²) in [6.45, 7) is 0. The van der Waals surface area contributed by atoms with E-state index in [1.807, 2.05) is 0 Å². The van der Waals surface area contributed by atoms with Gasteiger partial charge in [0.1, 0.15) is 0 Å². The molecular formula is C6H5ClF2N2O2S. The Morgan fingerprint density at radius 1 is 1.50 bits per heavy atom. The molecule has 0 spiro atoms. The molecule has 0 bridgehead atoms. The Labute approximate surface area is 83.8 Å². The predicted octanol–water partition coefficient (Wildman–Crippen LogP) is 1.32. The zero-order valence-electron chi connectivity index (χ0n) is 6.62. The quantitative estimate of drug-likeness (QED) is 0.850. The van der Waals surface area contributed by atoms with Gasteiger partial charge in [-0.2, -0.15) is 0 Å². The van der Waals surface area contributed by atoms with Gasteiger partial charge in [-0.3, -0.25) is 0 Å². The molecule has 14 heavy (non-hydrogen) atoms. The van der Waals surface area contributed by atoms with E-state index in [1.54, 1.807) is 0 Å². The average molecular weight is 243 g/mol. The first-order chi connectivity index (χ1) is 6.32. The first-order valence-corrected chi connectivity index (χ1v) is 5.21. The molecule has 1 aromatic heterocycles. The molecular weight excluding hydrogens is 238 g/mol. The van der Waals surface area contributed by atoms with Crippen LogP contribution in [-0.2, 0) is 10.0 Å². The zero-order chi connectivity index (χ0) is 10.9. The van der Waals surface area contributed by atoms with Crippen molar-refractivity contribution in [1.29, 1.82) is 0 Å². The first-order valence-electron chi connectivity index (χ1n) is 3.29. The molecule has 1 heterocycles. The minimum absolute atomic E-state index is 0.376. The van der Waals surface area contributed by atoms with Crippen molar-refractivity contribution in [3.05, 3.63) is 22.8 Å². The number of alkyl halides is 2. The van der Waals surface area contributed by atoms with Crippen LogP contribution in [0.1, 0.15) is 12.0 Å². The van der Waals surface area contributed by atoms with Crippen LogP contribution in [0.2, 0.25) is 5.02 Å². The number of rotatable bonds is 2. The molecule has 0 aliphatic rings. The van der Waals surface area contributed by atoms with Crippen molar-refractivity contribution in [2.75, 3.05) is 0 Å². The number of halogens is 3. The molecule has 0 atom stereocenters. The number of primary sulfonamides is 1. The number of aromatic nitrogens is 1.